The molecule has 0 spiro atoms. The number of hydrogen-bond acceptors (Lipinski definition) is 3. The van der Waals surface area contributed by atoms with Gasteiger partial charge < -0.3 is 9.74 Å². The molecule has 0 bridgehead atoms. The van der Waals surface area contributed by atoms with Crippen molar-refractivity contribution in [2.45, 2.75) is 19.8 Å². The van der Waals surface area contributed by atoms with Crippen LogP contribution >= 0.6 is 0 Å². The second-order valence-electron chi connectivity index (χ2n) is 4.93. The Morgan fingerprint density at radius 1 is 1.50 bits per heavy atom. The summed E-state index contributed by atoms with van der Waals surface area (Å²) in [6.07, 6.45) is 1.47. The number of hydrogen-bond donors (Lipinski definition) is 1. The fourth-order valence-corrected chi connectivity index (χ4v) is 2.41. The monoisotopic (exact) mass is 248 g/mol. The van der Waals surface area contributed by atoms with E-state index in [1.807, 2.05) is 36.1 Å². The molecule has 1 aliphatic heterocycles. The van der Waals surface area contributed by atoms with Gasteiger partial charge in [0.25, 0.3) is 0 Å². The molecule has 1 heterocycles. The van der Waals surface area contributed by atoms with Crippen LogP contribution in [-0.2, 0) is 16.1 Å². The average molecular weight is 248 g/mol. The summed E-state index contributed by atoms with van der Waals surface area (Å²) in [5, 5.41) is 0. The molecule has 1 amide bonds. The Kier molecular flexibility index (Phi) is 4.33. The minimum Gasteiger partial charge on any atom is -0.342 e. The van der Waals surface area contributed by atoms with Gasteiger partial charge in [0.15, 0.2) is 0 Å². The summed E-state index contributed by atoms with van der Waals surface area (Å²) in [4.78, 5) is 18.7. The molecule has 98 valence electrons. The van der Waals surface area contributed by atoms with Crippen molar-refractivity contribution in [1.82, 2.24) is 4.90 Å². The van der Waals surface area contributed by atoms with E-state index in [1.54, 1.807) is 0 Å². The minimum atomic E-state index is 0.198. The Bertz CT molecular complexity index is 420. The molecule has 4 nitrogen and oxygen atoms in total. The summed E-state index contributed by atoms with van der Waals surface area (Å²) in [5.74, 6) is 5.65. The van der Waals surface area contributed by atoms with Crippen LogP contribution in [0.1, 0.15) is 17.5 Å². The van der Waals surface area contributed by atoms with Crippen LogP contribution in [0.4, 0.5) is 0 Å². The summed E-state index contributed by atoms with van der Waals surface area (Å²) >= 11 is 0. The zero-order valence-corrected chi connectivity index (χ0v) is 10.8. The maximum atomic E-state index is 12.2. The summed E-state index contributed by atoms with van der Waals surface area (Å²) in [6.45, 7) is 4.16. The van der Waals surface area contributed by atoms with E-state index in [-0.39, 0.29) is 5.91 Å². The molecule has 0 radical (unpaired) electrons. The lowest BCUT2D eigenvalue weighted by Gasteiger charge is -2.17. The molecular weight excluding hydrogens is 228 g/mol. The first kappa shape index (κ1) is 13.1. The van der Waals surface area contributed by atoms with E-state index in [0.717, 1.165) is 25.1 Å². The van der Waals surface area contributed by atoms with Crippen LogP contribution in [0.3, 0.4) is 0 Å². The second kappa shape index (κ2) is 5.98. The van der Waals surface area contributed by atoms with Gasteiger partial charge in [-0.3, -0.25) is 4.79 Å². The van der Waals surface area contributed by atoms with E-state index in [0.29, 0.717) is 18.9 Å². The van der Waals surface area contributed by atoms with Gasteiger partial charge in [-0.2, -0.15) is 0 Å². The van der Waals surface area contributed by atoms with Crippen molar-refractivity contribution in [3.05, 3.63) is 35.4 Å². The zero-order valence-electron chi connectivity index (χ0n) is 10.8. The normalized spacial score (nSPS) is 19.2. The zero-order chi connectivity index (χ0) is 13.0. The van der Waals surface area contributed by atoms with Crippen LogP contribution in [0.15, 0.2) is 24.3 Å². The number of carbonyl (C=O) groups is 1. The third-order valence-corrected chi connectivity index (χ3v) is 3.57. The van der Waals surface area contributed by atoms with Gasteiger partial charge in [0.05, 0.1) is 13.0 Å². The van der Waals surface area contributed by atoms with Crippen molar-refractivity contribution >= 4 is 5.91 Å². The van der Waals surface area contributed by atoms with Gasteiger partial charge in [-0.25, -0.2) is 5.90 Å². The average Bonchev–Trinajstić information content (AvgIpc) is 2.81. The van der Waals surface area contributed by atoms with Crippen molar-refractivity contribution in [2.75, 3.05) is 19.7 Å². The van der Waals surface area contributed by atoms with Crippen molar-refractivity contribution in [3.63, 3.8) is 0 Å². The van der Waals surface area contributed by atoms with Crippen molar-refractivity contribution < 1.29 is 9.63 Å². The highest BCUT2D eigenvalue weighted by Crippen LogP contribution is 2.18. The van der Waals surface area contributed by atoms with Crippen LogP contribution in [0.25, 0.3) is 0 Å². The second-order valence-corrected chi connectivity index (χ2v) is 4.93. The highest BCUT2D eigenvalue weighted by molar-refractivity contribution is 5.79. The molecule has 1 fully saturated rings. The molecule has 0 aliphatic carbocycles. The standard InChI is InChI=1S/C14H20N2O2/c1-11-4-2-3-5-13(11)8-14(17)16-7-6-12(9-16)10-18-15/h2-5,12H,6-10,15H2,1H3. The van der Waals surface area contributed by atoms with Gasteiger partial charge >= 0.3 is 0 Å². The number of nitrogens with two attached hydrogens (primary N) is 1. The predicted molar refractivity (Wildman–Crippen MR) is 69.7 cm³/mol. The molecular formula is C14H20N2O2. The molecule has 0 saturated carbocycles. The molecule has 0 aromatic heterocycles. The van der Waals surface area contributed by atoms with Gasteiger partial charge in [0, 0.05) is 19.0 Å². The van der Waals surface area contributed by atoms with Crippen molar-refractivity contribution in [2.24, 2.45) is 11.8 Å². The summed E-state index contributed by atoms with van der Waals surface area (Å²) in [7, 11) is 0. The lowest BCUT2D eigenvalue weighted by Crippen LogP contribution is -2.31. The quantitative estimate of drug-likeness (QED) is 0.817. The summed E-state index contributed by atoms with van der Waals surface area (Å²) in [5.41, 5.74) is 2.29. The minimum absolute atomic E-state index is 0.198. The van der Waals surface area contributed by atoms with E-state index in [4.69, 9.17) is 5.90 Å². The molecule has 1 aromatic carbocycles. The fourth-order valence-electron chi connectivity index (χ4n) is 2.41. The highest BCUT2D eigenvalue weighted by Gasteiger charge is 2.26. The number of benzene rings is 1. The topological polar surface area (TPSA) is 55.6 Å². The molecule has 1 aliphatic rings. The number of amides is 1. The Morgan fingerprint density at radius 3 is 3.00 bits per heavy atom. The van der Waals surface area contributed by atoms with Crippen LogP contribution in [0, 0.1) is 12.8 Å². The number of likely N-dealkylation sites (tertiary alicyclic amines) is 1. The Balaban J connectivity index is 1.91. The van der Waals surface area contributed by atoms with Crippen molar-refractivity contribution in [3.8, 4) is 0 Å². The van der Waals surface area contributed by atoms with Gasteiger partial charge in [0.1, 0.15) is 0 Å². The third-order valence-electron chi connectivity index (χ3n) is 3.57. The van der Waals surface area contributed by atoms with E-state index >= 15 is 0 Å². The van der Waals surface area contributed by atoms with Crippen molar-refractivity contribution in [1.29, 1.82) is 0 Å². The first-order valence-corrected chi connectivity index (χ1v) is 6.34. The fraction of sp³-hybridized carbons (Fsp3) is 0.500. The predicted octanol–water partition coefficient (Wildman–Crippen LogP) is 1.28. The van der Waals surface area contributed by atoms with E-state index in [2.05, 4.69) is 4.84 Å². The van der Waals surface area contributed by atoms with E-state index in [9.17, 15) is 4.79 Å². The van der Waals surface area contributed by atoms with E-state index in [1.165, 1.54) is 5.56 Å². The lowest BCUT2D eigenvalue weighted by atomic mass is 10.1. The van der Waals surface area contributed by atoms with Crippen LogP contribution in [-0.4, -0.2) is 30.5 Å². The molecule has 1 aromatic rings. The molecule has 2 rings (SSSR count). The van der Waals surface area contributed by atoms with Crippen LogP contribution in [0.5, 0.6) is 0 Å². The molecule has 2 N–H and O–H groups in total. The summed E-state index contributed by atoms with van der Waals surface area (Å²) in [6, 6.07) is 8.03. The smallest absolute Gasteiger partial charge is 0.227 e. The van der Waals surface area contributed by atoms with Crippen LogP contribution in [0.2, 0.25) is 0 Å². The molecule has 4 heteroatoms. The number of carbonyl (C=O) groups excluding carboxylic acids is 1. The maximum Gasteiger partial charge on any atom is 0.227 e. The molecule has 1 saturated heterocycles. The first-order chi connectivity index (χ1) is 8.70. The van der Waals surface area contributed by atoms with E-state index < -0.39 is 0 Å². The SMILES string of the molecule is Cc1ccccc1CC(=O)N1CCC(CON)C1. The molecule has 1 atom stereocenters. The van der Waals surface area contributed by atoms with Gasteiger partial charge in [-0.05, 0) is 24.5 Å². The Hall–Kier alpha value is -1.39. The highest BCUT2D eigenvalue weighted by atomic mass is 16.6. The summed E-state index contributed by atoms with van der Waals surface area (Å²) < 4.78 is 0. The molecule has 1 unspecified atom stereocenters. The Labute approximate surface area is 108 Å². The third kappa shape index (κ3) is 3.09. The van der Waals surface area contributed by atoms with Gasteiger partial charge in [0.2, 0.25) is 5.91 Å². The maximum absolute atomic E-state index is 12.2. The largest absolute Gasteiger partial charge is 0.342 e. The lowest BCUT2D eigenvalue weighted by molar-refractivity contribution is -0.129. The molecule has 18 heavy (non-hydrogen) atoms. The van der Waals surface area contributed by atoms with Gasteiger partial charge in [-0.1, -0.05) is 24.3 Å². The van der Waals surface area contributed by atoms with Crippen LogP contribution < -0.4 is 5.90 Å². The number of rotatable bonds is 4. The Morgan fingerprint density at radius 2 is 2.28 bits per heavy atom. The number of aryl methyl sites for hydroxylation is 1. The van der Waals surface area contributed by atoms with Gasteiger partial charge in [-0.15, -0.1) is 0 Å². The first-order valence-electron chi connectivity index (χ1n) is 6.34. The number of nitrogens with zero attached hydrogens (tertiary/aromatic N) is 1.